The lowest BCUT2D eigenvalue weighted by Gasteiger charge is -2.20. The van der Waals surface area contributed by atoms with Gasteiger partial charge in [0.15, 0.2) is 0 Å². The first kappa shape index (κ1) is 13.5. The highest BCUT2D eigenvalue weighted by molar-refractivity contribution is 5.92. The smallest absolute Gasteiger partial charge is 0.140 e. The summed E-state index contributed by atoms with van der Waals surface area (Å²) >= 11 is 0. The van der Waals surface area contributed by atoms with Gasteiger partial charge in [0.2, 0.25) is 0 Å². The number of aryl methyl sites for hydroxylation is 1. The van der Waals surface area contributed by atoms with Gasteiger partial charge in [0.05, 0.1) is 5.52 Å². The van der Waals surface area contributed by atoms with E-state index in [9.17, 15) is 4.39 Å². The molecule has 1 heterocycles. The Labute approximate surface area is 123 Å². The van der Waals surface area contributed by atoms with Gasteiger partial charge in [-0.3, -0.25) is 0 Å². The molecule has 0 N–H and O–H groups in total. The van der Waals surface area contributed by atoms with Gasteiger partial charge in [-0.05, 0) is 36.2 Å². The number of halogens is 1. The van der Waals surface area contributed by atoms with Gasteiger partial charge in [-0.25, -0.2) is 14.4 Å². The lowest BCUT2D eigenvalue weighted by molar-refractivity contribution is 0.625. The molecule has 3 rings (SSSR count). The van der Waals surface area contributed by atoms with Crippen LogP contribution in [0.25, 0.3) is 10.9 Å². The van der Waals surface area contributed by atoms with Crippen LogP contribution < -0.4 is 4.90 Å². The molecule has 0 fully saturated rings. The van der Waals surface area contributed by atoms with Crippen molar-refractivity contribution >= 4 is 16.7 Å². The minimum Gasteiger partial charge on any atom is -0.355 e. The summed E-state index contributed by atoms with van der Waals surface area (Å²) in [7, 11) is 1.96. The van der Waals surface area contributed by atoms with E-state index in [2.05, 4.69) is 9.97 Å². The zero-order valence-electron chi connectivity index (χ0n) is 12.0. The number of rotatable bonds is 3. The zero-order valence-corrected chi connectivity index (χ0v) is 12.0. The Kier molecular flexibility index (Phi) is 3.52. The number of aromatic nitrogens is 2. The predicted molar refractivity (Wildman–Crippen MR) is 82.8 cm³/mol. The van der Waals surface area contributed by atoms with Gasteiger partial charge in [-0.2, -0.15) is 0 Å². The first-order chi connectivity index (χ1) is 10.1. The molecule has 0 atom stereocenters. The van der Waals surface area contributed by atoms with E-state index in [1.807, 2.05) is 43.1 Å². The summed E-state index contributed by atoms with van der Waals surface area (Å²) in [5, 5.41) is 1.04. The number of benzene rings is 2. The topological polar surface area (TPSA) is 29.0 Å². The van der Waals surface area contributed by atoms with Crippen LogP contribution >= 0.6 is 0 Å². The van der Waals surface area contributed by atoms with Gasteiger partial charge in [0, 0.05) is 19.0 Å². The molecule has 0 aliphatic heterocycles. The second-order valence-electron chi connectivity index (χ2n) is 5.15. The molecular weight excluding hydrogens is 265 g/mol. The molecule has 3 nitrogen and oxygen atoms in total. The summed E-state index contributed by atoms with van der Waals surface area (Å²) in [5.74, 6) is 0.645. The van der Waals surface area contributed by atoms with Crippen LogP contribution in [0.15, 0.2) is 48.8 Å². The van der Waals surface area contributed by atoms with Crippen LogP contribution in [0.4, 0.5) is 10.2 Å². The third kappa shape index (κ3) is 2.70. The Morgan fingerprint density at radius 3 is 2.71 bits per heavy atom. The van der Waals surface area contributed by atoms with Crippen molar-refractivity contribution in [1.29, 1.82) is 0 Å². The molecule has 106 valence electrons. The average molecular weight is 281 g/mol. The van der Waals surface area contributed by atoms with E-state index < -0.39 is 0 Å². The standard InChI is InChI=1S/C17H16FN3/c1-12-5-3-8-15-16(12)17(20-11-19-15)21(2)10-13-6-4-7-14(18)9-13/h3-9,11H,10H2,1-2H3. The van der Waals surface area contributed by atoms with Gasteiger partial charge >= 0.3 is 0 Å². The molecule has 0 radical (unpaired) electrons. The van der Waals surface area contributed by atoms with E-state index in [4.69, 9.17) is 0 Å². The van der Waals surface area contributed by atoms with E-state index in [1.54, 1.807) is 18.5 Å². The minimum absolute atomic E-state index is 0.218. The summed E-state index contributed by atoms with van der Waals surface area (Å²) in [6, 6.07) is 12.6. The molecule has 0 saturated heterocycles. The van der Waals surface area contributed by atoms with Crippen molar-refractivity contribution in [1.82, 2.24) is 9.97 Å². The Hall–Kier alpha value is -2.49. The van der Waals surface area contributed by atoms with Gasteiger partial charge in [-0.1, -0.05) is 24.3 Å². The molecule has 0 aliphatic carbocycles. The lowest BCUT2D eigenvalue weighted by atomic mass is 10.1. The SMILES string of the molecule is Cc1cccc2ncnc(N(C)Cc3cccc(F)c3)c12. The van der Waals surface area contributed by atoms with Gasteiger partial charge in [0.1, 0.15) is 18.0 Å². The molecule has 2 aromatic carbocycles. The molecule has 3 aromatic rings. The number of anilines is 1. The monoisotopic (exact) mass is 281 g/mol. The third-order valence-electron chi connectivity index (χ3n) is 3.52. The summed E-state index contributed by atoms with van der Waals surface area (Å²) in [5.41, 5.74) is 2.97. The molecule has 4 heteroatoms. The van der Waals surface area contributed by atoms with E-state index in [0.717, 1.165) is 27.8 Å². The molecule has 21 heavy (non-hydrogen) atoms. The fraction of sp³-hybridized carbons (Fsp3) is 0.176. The third-order valence-corrected chi connectivity index (χ3v) is 3.52. The fourth-order valence-corrected chi connectivity index (χ4v) is 2.53. The van der Waals surface area contributed by atoms with Crippen molar-refractivity contribution < 1.29 is 4.39 Å². The van der Waals surface area contributed by atoms with Crippen molar-refractivity contribution in [2.75, 3.05) is 11.9 Å². The van der Waals surface area contributed by atoms with Crippen LogP contribution in [-0.4, -0.2) is 17.0 Å². The maximum Gasteiger partial charge on any atom is 0.140 e. The highest BCUT2D eigenvalue weighted by atomic mass is 19.1. The number of nitrogens with zero attached hydrogens (tertiary/aromatic N) is 3. The van der Waals surface area contributed by atoms with Crippen molar-refractivity contribution in [3.8, 4) is 0 Å². The molecule has 1 aromatic heterocycles. The van der Waals surface area contributed by atoms with Gasteiger partial charge in [-0.15, -0.1) is 0 Å². The van der Waals surface area contributed by atoms with Crippen LogP contribution in [-0.2, 0) is 6.54 Å². The van der Waals surface area contributed by atoms with E-state index >= 15 is 0 Å². The first-order valence-corrected chi connectivity index (χ1v) is 6.81. The summed E-state index contributed by atoms with van der Waals surface area (Å²) in [4.78, 5) is 10.7. The minimum atomic E-state index is -0.218. The molecule has 0 bridgehead atoms. The Bertz CT molecular complexity index is 781. The maximum atomic E-state index is 13.3. The highest BCUT2D eigenvalue weighted by Gasteiger charge is 2.11. The number of fused-ring (bicyclic) bond motifs is 1. The van der Waals surface area contributed by atoms with E-state index in [-0.39, 0.29) is 5.82 Å². The largest absolute Gasteiger partial charge is 0.355 e. The van der Waals surface area contributed by atoms with Gasteiger partial charge < -0.3 is 4.90 Å². The summed E-state index contributed by atoms with van der Waals surface area (Å²) in [6.45, 7) is 2.64. The number of hydrogen-bond donors (Lipinski definition) is 0. The molecule has 0 aliphatic rings. The average Bonchev–Trinajstić information content (AvgIpc) is 2.47. The fourth-order valence-electron chi connectivity index (χ4n) is 2.53. The predicted octanol–water partition coefficient (Wildman–Crippen LogP) is 3.71. The second-order valence-corrected chi connectivity index (χ2v) is 5.15. The van der Waals surface area contributed by atoms with Crippen molar-refractivity contribution in [2.24, 2.45) is 0 Å². The zero-order chi connectivity index (χ0) is 14.8. The van der Waals surface area contributed by atoms with Crippen LogP contribution in [0, 0.1) is 12.7 Å². The normalized spacial score (nSPS) is 10.8. The van der Waals surface area contributed by atoms with Crippen molar-refractivity contribution in [2.45, 2.75) is 13.5 Å². The number of hydrogen-bond acceptors (Lipinski definition) is 3. The van der Waals surface area contributed by atoms with Gasteiger partial charge in [0.25, 0.3) is 0 Å². The molecule has 0 spiro atoms. The Balaban J connectivity index is 2.00. The summed E-state index contributed by atoms with van der Waals surface area (Å²) < 4.78 is 13.3. The van der Waals surface area contributed by atoms with Crippen LogP contribution in [0.3, 0.4) is 0 Å². The quantitative estimate of drug-likeness (QED) is 0.732. The van der Waals surface area contributed by atoms with E-state index in [1.165, 1.54) is 6.07 Å². The molecular formula is C17H16FN3. The van der Waals surface area contributed by atoms with E-state index in [0.29, 0.717) is 6.54 Å². The first-order valence-electron chi connectivity index (χ1n) is 6.81. The molecule has 0 saturated carbocycles. The second kappa shape index (κ2) is 5.48. The molecule has 0 unspecified atom stereocenters. The molecule has 0 amide bonds. The lowest BCUT2D eigenvalue weighted by Crippen LogP contribution is -2.18. The highest BCUT2D eigenvalue weighted by Crippen LogP contribution is 2.26. The van der Waals surface area contributed by atoms with Crippen LogP contribution in [0.1, 0.15) is 11.1 Å². The van der Waals surface area contributed by atoms with Crippen LogP contribution in [0.5, 0.6) is 0 Å². The van der Waals surface area contributed by atoms with Crippen molar-refractivity contribution in [3.05, 3.63) is 65.7 Å². The summed E-state index contributed by atoms with van der Waals surface area (Å²) in [6.07, 6.45) is 1.57. The maximum absolute atomic E-state index is 13.3. The Morgan fingerprint density at radius 1 is 1.10 bits per heavy atom. The van der Waals surface area contributed by atoms with Crippen LogP contribution in [0.2, 0.25) is 0 Å². The Morgan fingerprint density at radius 2 is 1.90 bits per heavy atom. The van der Waals surface area contributed by atoms with Crippen molar-refractivity contribution in [3.63, 3.8) is 0 Å².